The summed E-state index contributed by atoms with van der Waals surface area (Å²) in [6.45, 7) is 2.75. The highest BCUT2D eigenvalue weighted by Crippen LogP contribution is 2.37. The number of aliphatic hydroxyl groups is 1. The van der Waals surface area contributed by atoms with E-state index in [1.807, 2.05) is 12.1 Å². The minimum Gasteiger partial charge on any atom is -0.493 e. The fourth-order valence-electron chi connectivity index (χ4n) is 2.81. The molecule has 20 heavy (non-hydrogen) atoms. The van der Waals surface area contributed by atoms with Crippen LogP contribution in [-0.2, 0) is 6.54 Å². The SMILES string of the molecule is COc1cc(C[NH+]2CCC[C@H](O)C2)cc(OC)c1OC. The van der Waals surface area contributed by atoms with Crippen molar-refractivity contribution >= 4 is 0 Å². The molecule has 1 aliphatic rings. The minimum absolute atomic E-state index is 0.180. The van der Waals surface area contributed by atoms with Crippen molar-refractivity contribution in [3.63, 3.8) is 0 Å². The van der Waals surface area contributed by atoms with Crippen molar-refractivity contribution in [3.05, 3.63) is 17.7 Å². The average molecular weight is 282 g/mol. The number of likely N-dealkylation sites (tertiary alicyclic amines) is 1. The van der Waals surface area contributed by atoms with E-state index in [0.29, 0.717) is 17.2 Å². The predicted molar refractivity (Wildman–Crippen MR) is 75.7 cm³/mol. The molecule has 2 N–H and O–H groups in total. The number of piperidine rings is 1. The lowest BCUT2D eigenvalue weighted by Gasteiger charge is -2.27. The Morgan fingerprint density at radius 2 is 1.80 bits per heavy atom. The summed E-state index contributed by atoms with van der Waals surface area (Å²) in [6.07, 6.45) is 1.81. The van der Waals surface area contributed by atoms with Gasteiger partial charge in [-0.05, 0) is 25.0 Å². The lowest BCUT2D eigenvalue weighted by molar-refractivity contribution is -0.921. The number of ether oxygens (including phenoxy) is 3. The fourth-order valence-corrected chi connectivity index (χ4v) is 2.81. The molecule has 1 fully saturated rings. The third kappa shape index (κ3) is 3.35. The highest BCUT2D eigenvalue weighted by atomic mass is 16.5. The summed E-state index contributed by atoms with van der Waals surface area (Å²) in [5, 5.41) is 9.75. The van der Waals surface area contributed by atoms with Crippen LogP contribution in [0.15, 0.2) is 12.1 Å². The molecule has 2 rings (SSSR count). The van der Waals surface area contributed by atoms with Crippen molar-refractivity contribution in [2.45, 2.75) is 25.5 Å². The van der Waals surface area contributed by atoms with E-state index in [2.05, 4.69) is 0 Å². The van der Waals surface area contributed by atoms with E-state index in [9.17, 15) is 5.11 Å². The Balaban J connectivity index is 2.19. The zero-order chi connectivity index (χ0) is 14.5. The average Bonchev–Trinajstić information content (AvgIpc) is 2.46. The number of quaternary nitrogens is 1. The molecule has 5 nitrogen and oxygen atoms in total. The highest BCUT2D eigenvalue weighted by molar-refractivity contribution is 5.53. The molecule has 0 amide bonds. The van der Waals surface area contributed by atoms with Gasteiger partial charge in [-0.25, -0.2) is 0 Å². The second kappa shape index (κ2) is 6.81. The number of hydrogen-bond donors (Lipinski definition) is 2. The van der Waals surface area contributed by atoms with Gasteiger partial charge < -0.3 is 24.2 Å². The van der Waals surface area contributed by atoms with Gasteiger partial charge >= 0.3 is 0 Å². The van der Waals surface area contributed by atoms with E-state index in [1.165, 1.54) is 4.90 Å². The molecule has 112 valence electrons. The van der Waals surface area contributed by atoms with E-state index in [1.54, 1.807) is 21.3 Å². The number of aliphatic hydroxyl groups excluding tert-OH is 1. The van der Waals surface area contributed by atoms with Crippen molar-refractivity contribution < 1.29 is 24.2 Å². The quantitative estimate of drug-likeness (QED) is 0.813. The van der Waals surface area contributed by atoms with E-state index in [-0.39, 0.29) is 6.10 Å². The van der Waals surface area contributed by atoms with E-state index < -0.39 is 0 Å². The molecule has 2 atom stereocenters. The van der Waals surface area contributed by atoms with Crippen LogP contribution in [0.5, 0.6) is 17.2 Å². The molecule has 1 heterocycles. The molecular weight excluding hydrogens is 258 g/mol. The van der Waals surface area contributed by atoms with Crippen LogP contribution in [0, 0.1) is 0 Å². The monoisotopic (exact) mass is 282 g/mol. The molecule has 0 saturated carbocycles. The smallest absolute Gasteiger partial charge is 0.203 e. The lowest BCUT2D eigenvalue weighted by atomic mass is 10.1. The molecule has 0 aliphatic carbocycles. The lowest BCUT2D eigenvalue weighted by Crippen LogP contribution is -3.12. The molecular formula is C15H24NO4+. The van der Waals surface area contributed by atoms with Crippen LogP contribution in [0.3, 0.4) is 0 Å². The molecule has 0 aromatic heterocycles. The second-order valence-electron chi connectivity index (χ2n) is 5.21. The van der Waals surface area contributed by atoms with Gasteiger partial charge in [0.15, 0.2) is 11.5 Å². The molecule has 5 heteroatoms. The number of hydrogen-bond acceptors (Lipinski definition) is 4. The van der Waals surface area contributed by atoms with Gasteiger partial charge in [0.05, 0.1) is 27.9 Å². The van der Waals surface area contributed by atoms with E-state index >= 15 is 0 Å². The van der Waals surface area contributed by atoms with Gasteiger partial charge in [-0.15, -0.1) is 0 Å². The molecule has 1 unspecified atom stereocenters. The molecule has 0 bridgehead atoms. The molecule has 1 saturated heterocycles. The summed E-state index contributed by atoms with van der Waals surface area (Å²) in [5.74, 6) is 1.98. The normalized spacial score (nSPS) is 22.4. The second-order valence-corrected chi connectivity index (χ2v) is 5.21. The number of benzene rings is 1. The van der Waals surface area contributed by atoms with Gasteiger partial charge in [0.25, 0.3) is 0 Å². The maximum atomic E-state index is 9.75. The van der Waals surface area contributed by atoms with Crippen LogP contribution < -0.4 is 19.1 Å². The maximum absolute atomic E-state index is 9.75. The predicted octanol–water partition coefficient (Wildman–Crippen LogP) is 0.252. The number of methoxy groups -OCH3 is 3. The van der Waals surface area contributed by atoms with Crippen molar-refractivity contribution in [3.8, 4) is 17.2 Å². The van der Waals surface area contributed by atoms with Gasteiger partial charge in [0.2, 0.25) is 5.75 Å². The van der Waals surface area contributed by atoms with Crippen LogP contribution in [0.2, 0.25) is 0 Å². The highest BCUT2D eigenvalue weighted by Gasteiger charge is 2.22. The van der Waals surface area contributed by atoms with E-state index in [0.717, 1.165) is 38.0 Å². The standard InChI is InChI=1S/C15H23NO4/c1-18-13-7-11(8-14(19-2)15(13)20-3)9-16-6-4-5-12(17)10-16/h7-8,12,17H,4-6,9-10H2,1-3H3/p+1/t12-/m0/s1. The Labute approximate surface area is 120 Å². The molecule has 1 aromatic carbocycles. The number of nitrogens with one attached hydrogen (secondary N) is 1. The summed E-state index contributed by atoms with van der Waals surface area (Å²) in [5.41, 5.74) is 1.13. The Morgan fingerprint density at radius 3 is 2.30 bits per heavy atom. The first kappa shape index (κ1) is 14.9. The first-order valence-corrected chi connectivity index (χ1v) is 6.98. The van der Waals surface area contributed by atoms with Crippen LogP contribution in [0.25, 0.3) is 0 Å². The first-order valence-electron chi connectivity index (χ1n) is 6.98. The molecule has 1 aromatic rings. The third-order valence-electron chi connectivity index (χ3n) is 3.77. The molecule has 0 spiro atoms. The fraction of sp³-hybridized carbons (Fsp3) is 0.600. The largest absolute Gasteiger partial charge is 0.493 e. The van der Waals surface area contributed by atoms with Gasteiger partial charge in [-0.2, -0.15) is 0 Å². The van der Waals surface area contributed by atoms with Crippen molar-refractivity contribution in [1.82, 2.24) is 0 Å². The van der Waals surface area contributed by atoms with Crippen LogP contribution in [0.4, 0.5) is 0 Å². The summed E-state index contributed by atoms with van der Waals surface area (Å²) in [4.78, 5) is 1.39. The Hall–Kier alpha value is -1.46. The van der Waals surface area contributed by atoms with Crippen molar-refractivity contribution in [2.24, 2.45) is 0 Å². The Morgan fingerprint density at radius 1 is 1.15 bits per heavy atom. The first-order chi connectivity index (χ1) is 9.67. The van der Waals surface area contributed by atoms with Crippen molar-refractivity contribution in [1.29, 1.82) is 0 Å². The molecule has 0 radical (unpaired) electrons. The summed E-state index contributed by atoms with van der Waals surface area (Å²) in [7, 11) is 4.85. The topological polar surface area (TPSA) is 52.4 Å². The Kier molecular flexibility index (Phi) is 5.09. The zero-order valence-electron chi connectivity index (χ0n) is 12.4. The third-order valence-corrected chi connectivity index (χ3v) is 3.77. The van der Waals surface area contributed by atoms with E-state index in [4.69, 9.17) is 14.2 Å². The van der Waals surface area contributed by atoms with Crippen LogP contribution in [-0.4, -0.2) is 45.6 Å². The maximum Gasteiger partial charge on any atom is 0.203 e. The van der Waals surface area contributed by atoms with Crippen LogP contribution in [0.1, 0.15) is 18.4 Å². The zero-order valence-corrected chi connectivity index (χ0v) is 12.4. The molecule has 1 aliphatic heterocycles. The summed E-state index contributed by atoms with van der Waals surface area (Å²) < 4.78 is 16.1. The van der Waals surface area contributed by atoms with Gasteiger partial charge in [0, 0.05) is 5.56 Å². The van der Waals surface area contributed by atoms with Gasteiger partial charge in [-0.1, -0.05) is 0 Å². The summed E-state index contributed by atoms with van der Waals surface area (Å²) in [6, 6.07) is 3.96. The summed E-state index contributed by atoms with van der Waals surface area (Å²) >= 11 is 0. The Bertz CT molecular complexity index is 424. The van der Waals surface area contributed by atoms with Crippen LogP contribution >= 0.6 is 0 Å². The van der Waals surface area contributed by atoms with Crippen molar-refractivity contribution in [2.75, 3.05) is 34.4 Å². The van der Waals surface area contributed by atoms with Gasteiger partial charge in [0.1, 0.15) is 19.2 Å². The minimum atomic E-state index is -0.180. The van der Waals surface area contributed by atoms with Gasteiger partial charge in [-0.3, -0.25) is 0 Å². The number of rotatable bonds is 5.